The smallest absolute Gasteiger partial charge is 0.0220 e. The minimum absolute atomic E-state index is 0.0569. The van der Waals surface area contributed by atoms with Gasteiger partial charge in [-0.15, -0.1) is 0 Å². The van der Waals surface area contributed by atoms with Crippen molar-refractivity contribution in [2.45, 2.75) is 182 Å². The van der Waals surface area contributed by atoms with Gasteiger partial charge in [-0.2, -0.15) is 0 Å². The van der Waals surface area contributed by atoms with E-state index in [1.807, 2.05) is 0 Å². The summed E-state index contributed by atoms with van der Waals surface area (Å²) in [6, 6.07) is 30.0. The van der Waals surface area contributed by atoms with Crippen molar-refractivity contribution in [1.82, 2.24) is 0 Å². The molecule has 0 heteroatoms. The van der Waals surface area contributed by atoms with Gasteiger partial charge in [0.2, 0.25) is 0 Å². The van der Waals surface area contributed by atoms with Crippen LogP contribution in [0.1, 0.15) is 190 Å². The molecular formula is C54H74. The standard InChI is InChI=1S/C54H74/c1-9-13-15-17-19-21-31-53(32-22-20-18-16-14-10-2)49-33-41(7)23-27-45(49)47-29-25-43(35-51(47)53)44-26-30-48-46-28-24-42(8)34-50(46)54(52(48)36-44,37-39(5)11-3)38-40(6)12-4/h23-30,33-36,39-40H,9-22,31-32,37-38H2,1-8H3/t39-,40-/m0/s1. The summed E-state index contributed by atoms with van der Waals surface area (Å²) in [6.07, 6.45) is 23.7. The second-order valence-corrected chi connectivity index (χ2v) is 18.3. The van der Waals surface area contributed by atoms with Gasteiger partial charge in [0.25, 0.3) is 0 Å². The molecule has 2 aliphatic carbocycles. The number of rotatable bonds is 21. The molecule has 0 radical (unpaired) electrons. The molecule has 0 heterocycles. The average molecular weight is 723 g/mol. The topological polar surface area (TPSA) is 0 Å². The average Bonchev–Trinajstić information content (AvgIpc) is 3.59. The first-order chi connectivity index (χ1) is 26.2. The van der Waals surface area contributed by atoms with Gasteiger partial charge in [-0.25, -0.2) is 0 Å². The lowest BCUT2D eigenvalue weighted by molar-refractivity contribution is 0.308. The van der Waals surface area contributed by atoms with Gasteiger partial charge in [0.15, 0.2) is 0 Å². The van der Waals surface area contributed by atoms with Gasteiger partial charge in [-0.1, -0.05) is 203 Å². The number of hydrogen-bond donors (Lipinski definition) is 0. The normalized spacial score (nSPS) is 15.8. The first kappa shape index (κ1) is 40.5. The van der Waals surface area contributed by atoms with Crippen LogP contribution < -0.4 is 0 Å². The fourth-order valence-electron chi connectivity index (χ4n) is 10.7. The fourth-order valence-corrected chi connectivity index (χ4v) is 10.7. The Balaban J connectivity index is 1.45. The zero-order valence-electron chi connectivity index (χ0n) is 35.8. The van der Waals surface area contributed by atoms with Crippen LogP contribution in [0, 0.1) is 25.7 Å². The van der Waals surface area contributed by atoms with Crippen molar-refractivity contribution in [3.63, 3.8) is 0 Å². The maximum atomic E-state index is 2.68. The van der Waals surface area contributed by atoms with Crippen LogP contribution in [0.15, 0.2) is 72.8 Å². The molecule has 0 amide bonds. The molecule has 6 rings (SSSR count). The van der Waals surface area contributed by atoms with Gasteiger partial charge in [0.05, 0.1) is 0 Å². The van der Waals surface area contributed by atoms with Crippen LogP contribution in [-0.4, -0.2) is 0 Å². The first-order valence-electron chi connectivity index (χ1n) is 22.7. The predicted octanol–water partition coefficient (Wildman–Crippen LogP) is 16.9. The quantitative estimate of drug-likeness (QED) is 0.0751. The van der Waals surface area contributed by atoms with Crippen molar-refractivity contribution in [1.29, 1.82) is 0 Å². The maximum absolute atomic E-state index is 2.68. The third kappa shape index (κ3) is 8.20. The number of hydrogen-bond acceptors (Lipinski definition) is 0. The molecule has 54 heavy (non-hydrogen) atoms. The van der Waals surface area contributed by atoms with E-state index in [4.69, 9.17) is 0 Å². The third-order valence-electron chi connectivity index (χ3n) is 14.1. The number of fused-ring (bicyclic) bond motifs is 6. The Labute approximate surface area is 332 Å². The van der Waals surface area contributed by atoms with Gasteiger partial charge in [0, 0.05) is 10.8 Å². The molecule has 2 aliphatic rings. The highest BCUT2D eigenvalue weighted by atomic mass is 14.5. The fraction of sp³-hybridized carbons (Fsp3) is 0.556. The molecule has 0 saturated carbocycles. The van der Waals surface area contributed by atoms with E-state index in [1.54, 1.807) is 22.3 Å². The highest BCUT2D eigenvalue weighted by Gasteiger charge is 2.45. The van der Waals surface area contributed by atoms with Crippen LogP contribution in [0.5, 0.6) is 0 Å². The molecule has 290 valence electrons. The van der Waals surface area contributed by atoms with E-state index in [2.05, 4.69) is 128 Å². The molecule has 4 aromatic rings. The molecular weight excluding hydrogens is 649 g/mol. The van der Waals surface area contributed by atoms with E-state index in [-0.39, 0.29) is 10.8 Å². The number of aryl methyl sites for hydroxylation is 2. The highest BCUT2D eigenvalue weighted by Crippen LogP contribution is 2.58. The van der Waals surface area contributed by atoms with Gasteiger partial charge in [0.1, 0.15) is 0 Å². The van der Waals surface area contributed by atoms with Crippen LogP contribution in [0.2, 0.25) is 0 Å². The third-order valence-corrected chi connectivity index (χ3v) is 14.1. The van der Waals surface area contributed by atoms with Crippen molar-refractivity contribution in [3.05, 3.63) is 106 Å². The van der Waals surface area contributed by atoms with Crippen molar-refractivity contribution < 1.29 is 0 Å². The van der Waals surface area contributed by atoms with Gasteiger partial charge in [-0.05, 0) is 119 Å². The lowest BCUT2D eigenvalue weighted by Crippen LogP contribution is -2.30. The largest absolute Gasteiger partial charge is 0.0654 e. The van der Waals surface area contributed by atoms with Crippen molar-refractivity contribution in [2.75, 3.05) is 0 Å². The molecule has 0 saturated heterocycles. The Morgan fingerprint density at radius 1 is 0.407 bits per heavy atom. The summed E-state index contributed by atoms with van der Waals surface area (Å²) in [4.78, 5) is 0. The molecule has 0 unspecified atom stereocenters. The van der Waals surface area contributed by atoms with Gasteiger partial charge in [-0.3, -0.25) is 0 Å². The van der Waals surface area contributed by atoms with Gasteiger partial charge >= 0.3 is 0 Å². The van der Waals surface area contributed by atoms with E-state index < -0.39 is 0 Å². The molecule has 0 nitrogen and oxygen atoms in total. The Morgan fingerprint density at radius 2 is 0.759 bits per heavy atom. The second kappa shape index (κ2) is 18.2. The Morgan fingerprint density at radius 3 is 1.19 bits per heavy atom. The monoisotopic (exact) mass is 723 g/mol. The van der Waals surface area contributed by atoms with Crippen LogP contribution in [-0.2, 0) is 10.8 Å². The van der Waals surface area contributed by atoms with Crippen LogP contribution in [0.25, 0.3) is 33.4 Å². The summed E-state index contributed by atoms with van der Waals surface area (Å²) >= 11 is 0. The zero-order valence-corrected chi connectivity index (χ0v) is 35.8. The van der Waals surface area contributed by atoms with Crippen LogP contribution in [0.4, 0.5) is 0 Å². The molecule has 2 atom stereocenters. The summed E-state index contributed by atoms with van der Waals surface area (Å²) < 4.78 is 0. The maximum Gasteiger partial charge on any atom is 0.0220 e. The molecule has 4 aromatic carbocycles. The molecule has 0 aliphatic heterocycles. The van der Waals surface area contributed by atoms with Crippen LogP contribution in [0.3, 0.4) is 0 Å². The summed E-state index contributed by atoms with van der Waals surface area (Å²) in [5, 5.41) is 0. The van der Waals surface area contributed by atoms with Gasteiger partial charge < -0.3 is 0 Å². The molecule has 0 spiro atoms. The summed E-state index contributed by atoms with van der Waals surface area (Å²) in [5.41, 5.74) is 18.1. The Bertz CT molecular complexity index is 1810. The van der Waals surface area contributed by atoms with Crippen molar-refractivity contribution in [3.8, 4) is 33.4 Å². The predicted molar refractivity (Wildman–Crippen MR) is 238 cm³/mol. The summed E-state index contributed by atoms with van der Waals surface area (Å²) in [7, 11) is 0. The zero-order chi connectivity index (χ0) is 38.3. The minimum atomic E-state index is 0.0569. The summed E-state index contributed by atoms with van der Waals surface area (Å²) in [6.45, 7) is 19.0. The molecule has 0 N–H and O–H groups in total. The molecule has 0 bridgehead atoms. The molecule has 0 aromatic heterocycles. The number of benzene rings is 4. The second-order valence-electron chi connectivity index (χ2n) is 18.3. The van der Waals surface area contributed by atoms with Crippen molar-refractivity contribution >= 4 is 0 Å². The van der Waals surface area contributed by atoms with E-state index in [0.29, 0.717) is 11.8 Å². The van der Waals surface area contributed by atoms with E-state index in [9.17, 15) is 0 Å². The highest BCUT2D eigenvalue weighted by molar-refractivity contribution is 5.87. The lowest BCUT2D eigenvalue weighted by Gasteiger charge is -2.37. The Hall–Kier alpha value is -3.12. The SMILES string of the molecule is CCCCCCCCC1(CCCCCCCC)c2cc(C)ccc2-c2ccc(-c3ccc4c(c3)C(C[C@@H](C)CC)(C[C@@H](C)CC)c3cc(C)ccc3-4)cc21. The minimum Gasteiger partial charge on any atom is -0.0654 e. The van der Waals surface area contributed by atoms with E-state index in [1.165, 1.54) is 160 Å². The van der Waals surface area contributed by atoms with E-state index >= 15 is 0 Å². The Kier molecular flexibility index (Phi) is 13.7. The first-order valence-corrected chi connectivity index (χ1v) is 22.7. The molecule has 0 fully saturated rings. The lowest BCUT2D eigenvalue weighted by atomic mass is 9.66. The number of unbranched alkanes of at least 4 members (excludes halogenated alkanes) is 10. The van der Waals surface area contributed by atoms with E-state index in [0.717, 1.165) is 0 Å². The van der Waals surface area contributed by atoms with Crippen LogP contribution >= 0.6 is 0 Å². The summed E-state index contributed by atoms with van der Waals surface area (Å²) in [5.74, 6) is 1.34. The van der Waals surface area contributed by atoms with Crippen molar-refractivity contribution in [2.24, 2.45) is 11.8 Å².